The van der Waals surface area contributed by atoms with Crippen LogP contribution in [0.4, 0.5) is 17.6 Å². The summed E-state index contributed by atoms with van der Waals surface area (Å²) < 4.78 is 53.4. The minimum absolute atomic E-state index is 0.0427. The van der Waals surface area contributed by atoms with Gasteiger partial charge in [0.25, 0.3) is 0 Å². The van der Waals surface area contributed by atoms with Gasteiger partial charge in [0.2, 0.25) is 6.86 Å². The fraction of sp³-hybridized carbons (Fsp3) is 0.333. The molecule has 0 aliphatic heterocycles. The van der Waals surface area contributed by atoms with Crippen LogP contribution in [-0.2, 0) is 12.1 Å². The highest BCUT2D eigenvalue weighted by atomic mass is 35.5. The molecule has 0 amide bonds. The summed E-state index contributed by atoms with van der Waals surface area (Å²) in [5, 5.41) is 0. The Morgan fingerprint density at radius 3 is 2.40 bits per heavy atom. The Bertz CT molecular complexity index is 337. The Morgan fingerprint density at radius 1 is 1.27 bits per heavy atom. The Hall–Kier alpha value is -0.970. The molecule has 0 heterocycles. The number of halogens is 5. The molecule has 0 saturated heterocycles. The van der Waals surface area contributed by atoms with E-state index < -0.39 is 24.3 Å². The maximum absolute atomic E-state index is 12.4. The molecular weight excluding hydrogens is 236 g/mol. The van der Waals surface area contributed by atoms with Gasteiger partial charge in [-0.1, -0.05) is 6.07 Å². The summed E-state index contributed by atoms with van der Waals surface area (Å²) in [6.07, 6.45) is -4.58. The van der Waals surface area contributed by atoms with Crippen LogP contribution in [-0.4, -0.2) is 6.86 Å². The lowest BCUT2D eigenvalue weighted by Crippen LogP contribution is -2.09. The van der Waals surface area contributed by atoms with Gasteiger partial charge >= 0.3 is 6.18 Å². The van der Waals surface area contributed by atoms with E-state index in [0.717, 1.165) is 12.1 Å². The molecule has 0 bridgehead atoms. The molecule has 6 heteroatoms. The second kappa shape index (κ2) is 4.70. The first kappa shape index (κ1) is 12.1. The number of alkyl halides is 5. The third-order valence-corrected chi connectivity index (χ3v) is 2.02. The highest BCUT2D eigenvalue weighted by molar-refractivity contribution is 6.17. The van der Waals surface area contributed by atoms with Gasteiger partial charge in [0.15, 0.2) is 0 Å². The largest absolute Gasteiger partial charge is 0.462 e. The summed E-state index contributed by atoms with van der Waals surface area (Å²) in [7, 11) is 0. The van der Waals surface area contributed by atoms with E-state index in [9.17, 15) is 17.6 Å². The van der Waals surface area contributed by atoms with Gasteiger partial charge in [-0.3, -0.25) is 0 Å². The maximum atomic E-state index is 12.4. The smallest absolute Gasteiger partial charge is 0.419 e. The SMILES string of the molecule is FCOc1ccc(CCl)cc1C(F)(F)F. The molecule has 0 aromatic heterocycles. The number of rotatable bonds is 3. The second-order valence-electron chi connectivity index (χ2n) is 2.72. The van der Waals surface area contributed by atoms with Crippen LogP contribution in [0, 0.1) is 0 Å². The van der Waals surface area contributed by atoms with Gasteiger partial charge in [0.1, 0.15) is 5.75 Å². The van der Waals surface area contributed by atoms with Crippen LogP contribution in [0.25, 0.3) is 0 Å². The van der Waals surface area contributed by atoms with Gasteiger partial charge in [-0.25, -0.2) is 4.39 Å². The third-order valence-electron chi connectivity index (χ3n) is 1.71. The number of benzene rings is 1. The third kappa shape index (κ3) is 2.99. The summed E-state index contributed by atoms with van der Waals surface area (Å²) in [5.74, 6) is -0.572. The molecule has 0 unspecified atom stereocenters. The summed E-state index contributed by atoms with van der Waals surface area (Å²) in [6, 6.07) is 3.26. The Morgan fingerprint density at radius 2 is 1.93 bits per heavy atom. The molecule has 0 saturated carbocycles. The molecule has 1 aromatic rings. The molecule has 1 aromatic carbocycles. The Kier molecular flexibility index (Phi) is 3.79. The minimum atomic E-state index is -4.58. The molecular formula is C9H7ClF4O. The van der Waals surface area contributed by atoms with E-state index in [2.05, 4.69) is 4.74 Å². The normalized spacial score (nSPS) is 11.5. The average Bonchev–Trinajstić information content (AvgIpc) is 2.17. The van der Waals surface area contributed by atoms with Crippen molar-refractivity contribution in [2.45, 2.75) is 12.1 Å². The van der Waals surface area contributed by atoms with Crippen molar-refractivity contribution in [1.29, 1.82) is 0 Å². The van der Waals surface area contributed by atoms with Gasteiger partial charge in [0, 0.05) is 5.88 Å². The van der Waals surface area contributed by atoms with E-state index in [1.54, 1.807) is 0 Å². The van der Waals surface area contributed by atoms with Crippen molar-refractivity contribution in [2.75, 3.05) is 6.86 Å². The van der Waals surface area contributed by atoms with Crippen LogP contribution >= 0.6 is 11.6 Å². The van der Waals surface area contributed by atoms with Crippen molar-refractivity contribution in [3.63, 3.8) is 0 Å². The fourth-order valence-corrected chi connectivity index (χ4v) is 1.23. The van der Waals surface area contributed by atoms with Crippen LogP contribution in [0.15, 0.2) is 18.2 Å². The van der Waals surface area contributed by atoms with Gasteiger partial charge < -0.3 is 4.74 Å². The molecule has 0 atom stereocenters. The lowest BCUT2D eigenvalue weighted by atomic mass is 10.1. The van der Waals surface area contributed by atoms with E-state index >= 15 is 0 Å². The molecule has 0 N–H and O–H groups in total. The van der Waals surface area contributed by atoms with Gasteiger partial charge in [-0.2, -0.15) is 13.2 Å². The van der Waals surface area contributed by atoms with Crippen molar-refractivity contribution >= 4 is 11.6 Å². The highest BCUT2D eigenvalue weighted by Crippen LogP contribution is 2.37. The van der Waals surface area contributed by atoms with Gasteiger partial charge in [0.05, 0.1) is 5.56 Å². The molecule has 0 aliphatic rings. The van der Waals surface area contributed by atoms with Gasteiger partial charge in [-0.15, -0.1) is 11.6 Å². The minimum Gasteiger partial charge on any atom is -0.462 e. The van der Waals surface area contributed by atoms with E-state index in [-0.39, 0.29) is 5.88 Å². The van der Waals surface area contributed by atoms with Crippen molar-refractivity contribution < 1.29 is 22.3 Å². The van der Waals surface area contributed by atoms with Crippen LogP contribution in [0.1, 0.15) is 11.1 Å². The summed E-state index contributed by atoms with van der Waals surface area (Å²) in [4.78, 5) is 0. The first-order chi connectivity index (χ1) is 6.99. The monoisotopic (exact) mass is 242 g/mol. The van der Waals surface area contributed by atoms with Crippen molar-refractivity contribution in [3.05, 3.63) is 29.3 Å². The predicted octanol–water partition coefficient (Wildman–Crippen LogP) is 3.75. The molecule has 1 nitrogen and oxygen atoms in total. The molecule has 84 valence electrons. The number of ether oxygens (including phenoxy) is 1. The van der Waals surface area contributed by atoms with Crippen molar-refractivity contribution in [2.24, 2.45) is 0 Å². The highest BCUT2D eigenvalue weighted by Gasteiger charge is 2.34. The molecule has 0 spiro atoms. The van der Waals surface area contributed by atoms with Crippen molar-refractivity contribution in [3.8, 4) is 5.75 Å². The zero-order valence-corrected chi connectivity index (χ0v) is 8.20. The van der Waals surface area contributed by atoms with Gasteiger partial charge in [-0.05, 0) is 17.7 Å². The second-order valence-corrected chi connectivity index (χ2v) is 2.98. The average molecular weight is 243 g/mol. The standard InChI is InChI=1S/C9H7ClF4O/c10-4-6-1-2-8(15-5-11)7(3-6)9(12,13)14/h1-3H,4-5H2. The molecule has 15 heavy (non-hydrogen) atoms. The topological polar surface area (TPSA) is 9.23 Å². The quantitative estimate of drug-likeness (QED) is 0.579. The van der Waals surface area contributed by atoms with E-state index in [1.165, 1.54) is 6.07 Å². The van der Waals surface area contributed by atoms with Crippen LogP contribution in [0.5, 0.6) is 5.75 Å². The summed E-state index contributed by atoms with van der Waals surface area (Å²) in [5.41, 5.74) is -0.714. The van der Waals surface area contributed by atoms with E-state index in [0.29, 0.717) is 5.56 Å². The summed E-state index contributed by atoms with van der Waals surface area (Å²) >= 11 is 5.40. The lowest BCUT2D eigenvalue weighted by molar-refractivity contribution is -0.139. The Balaban J connectivity index is 3.16. The number of hydrogen-bond acceptors (Lipinski definition) is 1. The predicted molar refractivity (Wildman–Crippen MR) is 47.6 cm³/mol. The zero-order valence-electron chi connectivity index (χ0n) is 7.44. The van der Waals surface area contributed by atoms with Crippen LogP contribution in [0.3, 0.4) is 0 Å². The van der Waals surface area contributed by atoms with Crippen LogP contribution < -0.4 is 4.74 Å². The summed E-state index contributed by atoms with van der Waals surface area (Å²) in [6.45, 7) is -1.30. The molecule has 1 rings (SSSR count). The van der Waals surface area contributed by atoms with E-state index in [4.69, 9.17) is 11.6 Å². The molecule has 0 radical (unpaired) electrons. The van der Waals surface area contributed by atoms with E-state index in [1.807, 2.05) is 0 Å². The number of hydrogen-bond donors (Lipinski definition) is 0. The zero-order chi connectivity index (χ0) is 11.5. The first-order valence-electron chi connectivity index (χ1n) is 3.94. The Labute approximate surface area is 88.6 Å². The molecule has 0 fully saturated rings. The lowest BCUT2D eigenvalue weighted by Gasteiger charge is -2.13. The molecule has 0 aliphatic carbocycles. The van der Waals surface area contributed by atoms with Crippen molar-refractivity contribution in [1.82, 2.24) is 0 Å². The fourth-order valence-electron chi connectivity index (χ4n) is 1.07. The maximum Gasteiger partial charge on any atom is 0.419 e. The first-order valence-corrected chi connectivity index (χ1v) is 4.47. The van der Waals surface area contributed by atoms with Crippen LogP contribution in [0.2, 0.25) is 0 Å².